The predicted octanol–water partition coefficient (Wildman–Crippen LogP) is 5.06. The molecule has 1 aliphatic rings. The molecule has 0 atom stereocenters. The van der Waals surface area contributed by atoms with E-state index in [0.717, 1.165) is 27.4 Å². The van der Waals surface area contributed by atoms with Crippen molar-refractivity contribution in [3.8, 4) is 11.6 Å². The number of carbonyl (C=O) groups excluding carboxylic acids is 1. The summed E-state index contributed by atoms with van der Waals surface area (Å²) in [6, 6.07) is 12.2. The predicted molar refractivity (Wildman–Crippen MR) is 118 cm³/mol. The number of amides is 1. The summed E-state index contributed by atoms with van der Waals surface area (Å²) in [4.78, 5) is 13.2. The van der Waals surface area contributed by atoms with Crippen molar-refractivity contribution in [1.82, 2.24) is 15.1 Å². The summed E-state index contributed by atoms with van der Waals surface area (Å²) in [5.41, 5.74) is -1.05. The number of nitrogens with zero attached hydrogens (tertiary/aromatic N) is 2. The molecule has 1 N–H and O–H groups in total. The molecule has 0 unspecified atom stereocenters. The Balaban J connectivity index is 1.81. The third kappa shape index (κ3) is 4.83. The van der Waals surface area contributed by atoms with Crippen molar-refractivity contribution in [2.45, 2.75) is 12.6 Å². The summed E-state index contributed by atoms with van der Waals surface area (Å²) in [5, 5.41) is 8.13. The number of alkyl halides is 3. The second kappa shape index (κ2) is 8.85. The molecule has 1 saturated heterocycles. The van der Waals surface area contributed by atoms with Gasteiger partial charge in [-0.15, -0.1) is 11.3 Å². The van der Waals surface area contributed by atoms with Gasteiger partial charge in [0.1, 0.15) is 4.32 Å². The van der Waals surface area contributed by atoms with Crippen LogP contribution in [0, 0.1) is 0 Å². The maximum atomic E-state index is 13.9. The van der Waals surface area contributed by atoms with E-state index in [4.69, 9.17) is 17.0 Å². The smallest absolute Gasteiger partial charge is 0.435 e. The van der Waals surface area contributed by atoms with Crippen LogP contribution >= 0.6 is 35.3 Å². The molecule has 1 fully saturated rings. The highest BCUT2D eigenvalue weighted by molar-refractivity contribution is 8.26. The van der Waals surface area contributed by atoms with Crippen molar-refractivity contribution < 1.29 is 22.7 Å². The zero-order chi connectivity index (χ0) is 22.0. The second-order valence-electron chi connectivity index (χ2n) is 6.34. The zero-order valence-electron chi connectivity index (χ0n) is 15.7. The first-order valence-corrected chi connectivity index (χ1v) is 11.1. The number of nitrogens with one attached hydrogen (secondary N) is 1. The van der Waals surface area contributed by atoms with E-state index >= 15 is 0 Å². The fraction of sp³-hybridized carbons (Fsp3) is 0.150. The van der Waals surface area contributed by atoms with Crippen LogP contribution < -0.4 is 10.1 Å². The largest absolute Gasteiger partial charge is 0.477 e. The Kier molecular flexibility index (Phi) is 6.17. The molecule has 0 aliphatic carbocycles. The number of carbonyl (C=O) groups is 1. The molecular weight excluding hydrogens is 467 g/mol. The molecule has 0 saturated carbocycles. The lowest BCUT2D eigenvalue weighted by atomic mass is 10.2. The Morgan fingerprint density at radius 3 is 2.58 bits per heavy atom. The van der Waals surface area contributed by atoms with Gasteiger partial charge in [0.05, 0.1) is 22.8 Å². The molecule has 3 aromatic rings. The second-order valence-corrected chi connectivity index (χ2v) is 9.09. The Hall–Kier alpha value is -2.63. The van der Waals surface area contributed by atoms with Gasteiger partial charge in [-0.1, -0.05) is 48.2 Å². The molecule has 1 aliphatic heterocycles. The number of thioether (sulfide) groups is 1. The Labute approximate surface area is 188 Å². The van der Waals surface area contributed by atoms with Gasteiger partial charge in [0.25, 0.3) is 5.91 Å². The van der Waals surface area contributed by atoms with Crippen LogP contribution in [0.15, 0.2) is 52.7 Å². The van der Waals surface area contributed by atoms with Crippen LogP contribution in [0.1, 0.15) is 16.1 Å². The van der Waals surface area contributed by atoms with E-state index in [2.05, 4.69) is 10.4 Å². The number of thiocarbonyl (C=S) groups is 1. The number of rotatable bonds is 6. The van der Waals surface area contributed by atoms with Gasteiger partial charge in [-0.2, -0.15) is 23.0 Å². The minimum absolute atomic E-state index is 0.0474. The molecule has 2 aromatic heterocycles. The maximum Gasteiger partial charge on any atom is 0.435 e. The normalized spacial score (nSPS) is 15.5. The van der Waals surface area contributed by atoms with Crippen LogP contribution in [0.3, 0.4) is 0 Å². The Morgan fingerprint density at radius 2 is 1.97 bits per heavy atom. The number of halogens is 3. The number of benzene rings is 1. The molecule has 11 heteroatoms. The van der Waals surface area contributed by atoms with E-state index in [0.29, 0.717) is 12.1 Å². The molecule has 0 spiro atoms. The van der Waals surface area contributed by atoms with Gasteiger partial charge in [0.15, 0.2) is 5.69 Å². The summed E-state index contributed by atoms with van der Waals surface area (Å²) in [6.45, 7) is 0.143. The van der Waals surface area contributed by atoms with Crippen molar-refractivity contribution in [2.24, 2.45) is 0 Å². The third-order valence-electron chi connectivity index (χ3n) is 4.23. The van der Waals surface area contributed by atoms with Crippen LogP contribution in [0.4, 0.5) is 13.2 Å². The minimum Gasteiger partial charge on any atom is -0.477 e. The van der Waals surface area contributed by atoms with Gasteiger partial charge in [0.2, 0.25) is 5.88 Å². The summed E-state index contributed by atoms with van der Waals surface area (Å²) in [6.07, 6.45) is -3.10. The topological polar surface area (TPSA) is 56.2 Å². The van der Waals surface area contributed by atoms with E-state index in [1.807, 2.05) is 17.5 Å². The lowest BCUT2D eigenvalue weighted by molar-refractivity contribution is -0.141. The van der Waals surface area contributed by atoms with Crippen molar-refractivity contribution in [3.63, 3.8) is 0 Å². The summed E-state index contributed by atoms with van der Waals surface area (Å²) in [7, 11) is 0. The Bertz CT molecular complexity index is 1140. The fourth-order valence-electron chi connectivity index (χ4n) is 2.89. The molecule has 5 nitrogen and oxygen atoms in total. The first-order chi connectivity index (χ1) is 14.8. The van der Waals surface area contributed by atoms with Gasteiger partial charge >= 0.3 is 6.18 Å². The first kappa shape index (κ1) is 21.6. The number of ether oxygens (including phenoxy) is 1. The van der Waals surface area contributed by atoms with Crippen molar-refractivity contribution in [1.29, 1.82) is 0 Å². The first-order valence-electron chi connectivity index (χ1n) is 8.98. The number of thiophene rings is 1. The van der Waals surface area contributed by atoms with Gasteiger partial charge in [-0.3, -0.25) is 4.79 Å². The maximum absolute atomic E-state index is 13.9. The summed E-state index contributed by atoms with van der Waals surface area (Å²) >= 11 is 7.37. The molecule has 0 radical (unpaired) electrons. The van der Waals surface area contributed by atoms with E-state index in [1.54, 1.807) is 30.3 Å². The van der Waals surface area contributed by atoms with E-state index in [-0.39, 0.29) is 27.3 Å². The standard InChI is InChI=1S/C20H14F3N3O2S3/c21-20(22,23)16-14(11-15-17(27)24-19(29)31-15)18(28-9-8-13-7-4-10-30-13)26(25-16)12-5-2-1-3-6-12/h1-7,10-11H,8-9H2,(H,24,27,29)/b15-11-. The summed E-state index contributed by atoms with van der Waals surface area (Å²) in [5.74, 6) is -0.645. The molecule has 0 bridgehead atoms. The number of hydrogen-bond acceptors (Lipinski definition) is 6. The average Bonchev–Trinajstić information content (AvgIpc) is 3.43. The Morgan fingerprint density at radius 1 is 1.19 bits per heavy atom. The third-order valence-corrected chi connectivity index (χ3v) is 6.33. The lowest BCUT2D eigenvalue weighted by Crippen LogP contribution is -2.17. The average molecular weight is 482 g/mol. The SMILES string of the molecule is O=C1NC(=S)S/C1=C\c1c(C(F)(F)F)nn(-c2ccccc2)c1OCCc1cccs1. The van der Waals surface area contributed by atoms with E-state index < -0.39 is 17.8 Å². The highest BCUT2D eigenvalue weighted by atomic mass is 32.2. The highest BCUT2D eigenvalue weighted by Crippen LogP contribution is 2.40. The van der Waals surface area contributed by atoms with Crippen molar-refractivity contribution in [2.75, 3.05) is 6.61 Å². The van der Waals surface area contributed by atoms with Crippen molar-refractivity contribution >= 4 is 51.6 Å². The van der Waals surface area contributed by atoms with Gasteiger partial charge in [0, 0.05) is 11.3 Å². The summed E-state index contributed by atoms with van der Waals surface area (Å²) < 4.78 is 48.7. The van der Waals surface area contributed by atoms with E-state index in [1.165, 1.54) is 11.3 Å². The lowest BCUT2D eigenvalue weighted by Gasteiger charge is -2.10. The molecule has 4 rings (SSSR count). The monoisotopic (exact) mass is 481 g/mol. The molecule has 31 heavy (non-hydrogen) atoms. The van der Waals surface area contributed by atoms with Gasteiger partial charge in [-0.05, 0) is 29.7 Å². The molecule has 1 amide bonds. The molecule has 160 valence electrons. The molecule has 3 heterocycles. The number of aromatic nitrogens is 2. The minimum atomic E-state index is -4.75. The van der Waals surface area contributed by atoms with Crippen LogP contribution in [0.2, 0.25) is 0 Å². The van der Waals surface area contributed by atoms with E-state index in [9.17, 15) is 18.0 Å². The molecular formula is C20H14F3N3O2S3. The van der Waals surface area contributed by atoms with Gasteiger partial charge < -0.3 is 10.1 Å². The highest BCUT2D eigenvalue weighted by Gasteiger charge is 2.40. The van der Waals surface area contributed by atoms with Crippen molar-refractivity contribution in [3.05, 3.63) is 68.9 Å². The number of para-hydroxylation sites is 1. The van der Waals surface area contributed by atoms with Crippen LogP contribution in [0.25, 0.3) is 11.8 Å². The fourth-order valence-corrected chi connectivity index (χ4v) is 4.61. The van der Waals surface area contributed by atoms with Crippen LogP contribution in [-0.4, -0.2) is 26.6 Å². The molecule has 1 aromatic carbocycles. The van der Waals surface area contributed by atoms with Crippen LogP contribution in [-0.2, 0) is 17.4 Å². The zero-order valence-corrected chi connectivity index (χ0v) is 18.1. The van der Waals surface area contributed by atoms with Gasteiger partial charge in [-0.25, -0.2) is 0 Å². The quantitative estimate of drug-likeness (QED) is 0.394. The van der Waals surface area contributed by atoms with Crippen LogP contribution in [0.5, 0.6) is 5.88 Å². The number of hydrogen-bond donors (Lipinski definition) is 1.